The molecule has 0 heterocycles. The molecular weight excluding hydrogens is 181 g/mol. The molecule has 0 amide bonds. The number of nitrogens with two attached hydrogens (primary N) is 1. The zero-order chi connectivity index (χ0) is 8.43. The van der Waals surface area contributed by atoms with Gasteiger partial charge in [-0.2, -0.15) is 0 Å². The summed E-state index contributed by atoms with van der Waals surface area (Å²) in [6, 6.07) is 3.49. The van der Waals surface area contributed by atoms with Crippen LogP contribution in [0.15, 0.2) is 12.1 Å². The molecule has 0 spiro atoms. The van der Waals surface area contributed by atoms with E-state index in [-0.39, 0.29) is 0 Å². The molecule has 1 rings (SSSR count). The van der Waals surface area contributed by atoms with Gasteiger partial charge < -0.3 is 5.73 Å². The average Bonchev–Trinajstić information content (AvgIpc) is 1.97. The minimum Gasteiger partial charge on any atom is -0.397 e. The molecule has 0 atom stereocenters. The maximum Gasteiger partial charge on any atom is 0.0639 e. The van der Waals surface area contributed by atoms with Crippen molar-refractivity contribution in [3.8, 4) is 0 Å². The van der Waals surface area contributed by atoms with E-state index in [0.717, 1.165) is 12.0 Å². The van der Waals surface area contributed by atoms with E-state index < -0.39 is 0 Å². The van der Waals surface area contributed by atoms with Gasteiger partial charge >= 0.3 is 0 Å². The van der Waals surface area contributed by atoms with Crippen LogP contribution in [-0.2, 0) is 6.42 Å². The summed E-state index contributed by atoms with van der Waals surface area (Å²) >= 11 is 11.6. The van der Waals surface area contributed by atoms with Crippen molar-refractivity contribution in [2.75, 3.05) is 5.73 Å². The van der Waals surface area contributed by atoms with Gasteiger partial charge in [-0.05, 0) is 24.1 Å². The molecule has 0 aliphatic carbocycles. The van der Waals surface area contributed by atoms with Crippen LogP contribution in [0, 0.1) is 0 Å². The van der Waals surface area contributed by atoms with Gasteiger partial charge in [0.1, 0.15) is 0 Å². The number of nitrogen functional groups attached to an aromatic ring is 1. The fourth-order valence-corrected chi connectivity index (χ4v) is 1.37. The van der Waals surface area contributed by atoms with Crippen LogP contribution in [0.2, 0.25) is 10.0 Å². The molecule has 0 saturated carbocycles. The normalized spacial score (nSPS) is 10.1. The molecular formula is C8H9Cl2N. The van der Waals surface area contributed by atoms with E-state index in [1.165, 1.54) is 0 Å². The van der Waals surface area contributed by atoms with Crippen LogP contribution in [0.1, 0.15) is 12.5 Å². The van der Waals surface area contributed by atoms with Crippen molar-refractivity contribution < 1.29 is 0 Å². The molecule has 0 saturated heterocycles. The lowest BCUT2D eigenvalue weighted by molar-refractivity contribution is 1.14. The summed E-state index contributed by atoms with van der Waals surface area (Å²) in [5, 5.41) is 1.26. The molecule has 1 aromatic carbocycles. The number of aryl methyl sites for hydroxylation is 1. The van der Waals surface area contributed by atoms with Gasteiger partial charge in [-0.3, -0.25) is 0 Å². The predicted molar refractivity (Wildman–Crippen MR) is 50.3 cm³/mol. The Kier molecular flexibility index (Phi) is 2.63. The number of anilines is 1. The van der Waals surface area contributed by atoms with Gasteiger partial charge in [0, 0.05) is 5.02 Å². The van der Waals surface area contributed by atoms with E-state index in [4.69, 9.17) is 28.9 Å². The molecule has 11 heavy (non-hydrogen) atoms. The van der Waals surface area contributed by atoms with Crippen molar-refractivity contribution >= 4 is 28.9 Å². The third-order valence-corrected chi connectivity index (χ3v) is 2.23. The van der Waals surface area contributed by atoms with E-state index in [0.29, 0.717) is 15.7 Å². The third kappa shape index (κ3) is 1.79. The number of rotatable bonds is 1. The molecule has 0 fully saturated rings. The number of benzene rings is 1. The Morgan fingerprint density at radius 2 is 1.91 bits per heavy atom. The van der Waals surface area contributed by atoms with Crippen molar-refractivity contribution in [1.29, 1.82) is 0 Å². The van der Waals surface area contributed by atoms with Gasteiger partial charge in [-0.15, -0.1) is 0 Å². The monoisotopic (exact) mass is 189 g/mol. The first-order valence-corrected chi connectivity index (χ1v) is 4.14. The highest BCUT2D eigenvalue weighted by Gasteiger charge is 2.02. The largest absolute Gasteiger partial charge is 0.397 e. The lowest BCUT2D eigenvalue weighted by Gasteiger charge is -2.03. The van der Waals surface area contributed by atoms with Crippen LogP contribution in [0.3, 0.4) is 0 Å². The van der Waals surface area contributed by atoms with Crippen LogP contribution in [0.5, 0.6) is 0 Å². The average molecular weight is 190 g/mol. The number of hydrogen-bond donors (Lipinski definition) is 1. The standard InChI is InChI=1S/C8H9Cl2N/c1-2-5-3-7(10)8(11)4-6(5)9/h3-4H,2,11H2,1H3. The number of hydrogen-bond acceptors (Lipinski definition) is 1. The van der Waals surface area contributed by atoms with Crippen molar-refractivity contribution in [2.45, 2.75) is 13.3 Å². The first-order valence-electron chi connectivity index (χ1n) is 3.38. The third-order valence-electron chi connectivity index (χ3n) is 1.55. The van der Waals surface area contributed by atoms with E-state index in [2.05, 4.69) is 0 Å². The highest BCUT2D eigenvalue weighted by atomic mass is 35.5. The van der Waals surface area contributed by atoms with Crippen molar-refractivity contribution in [3.05, 3.63) is 27.7 Å². The maximum absolute atomic E-state index is 5.86. The SMILES string of the molecule is CCc1cc(Cl)c(N)cc1Cl. The molecule has 60 valence electrons. The fourth-order valence-electron chi connectivity index (χ4n) is 0.874. The summed E-state index contributed by atoms with van der Waals surface area (Å²) in [6.45, 7) is 2.02. The van der Waals surface area contributed by atoms with Gasteiger partial charge in [0.15, 0.2) is 0 Å². The first kappa shape index (κ1) is 8.69. The molecule has 0 aliphatic rings. The summed E-state index contributed by atoms with van der Waals surface area (Å²) in [5.41, 5.74) is 7.10. The predicted octanol–water partition coefficient (Wildman–Crippen LogP) is 3.14. The molecule has 1 aromatic rings. The molecule has 0 radical (unpaired) electrons. The summed E-state index contributed by atoms with van der Waals surface area (Å²) in [5.74, 6) is 0. The molecule has 0 unspecified atom stereocenters. The molecule has 2 N–H and O–H groups in total. The van der Waals surface area contributed by atoms with Gasteiger partial charge in [0.25, 0.3) is 0 Å². The minimum absolute atomic E-state index is 0.536. The van der Waals surface area contributed by atoms with Crippen LogP contribution in [0.25, 0.3) is 0 Å². The Bertz CT molecular complexity index is 271. The van der Waals surface area contributed by atoms with Gasteiger partial charge in [0.2, 0.25) is 0 Å². The molecule has 0 aromatic heterocycles. The van der Waals surface area contributed by atoms with Crippen molar-refractivity contribution in [3.63, 3.8) is 0 Å². The maximum atomic E-state index is 5.86. The molecule has 0 aliphatic heterocycles. The molecule has 3 heteroatoms. The van der Waals surface area contributed by atoms with Gasteiger partial charge in [-0.1, -0.05) is 30.1 Å². The lowest BCUT2D eigenvalue weighted by Crippen LogP contribution is -1.89. The summed E-state index contributed by atoms with van der Waals surface area (Å²) < 4.78 is 0. The Morgan fingerprint density at radius 3 is 2.45 bits per heavy atom. The molecule has 1 nitrogen and oxygen atoms in total. The van der Waals surface area contributed by atoms with Crippen LogP contribution in [-0.4, -0.2) is 0 Å². The van der Waals surface area contributed by atoms with Crippen molar-refractivity contribution in [1.82, 2.24) is 0 Å². The smallest absolute Gasteiger partial charge is 0.0639 e. The van der Waals surface area contributed by atoms with E-state index in [1.807, 2.05) is 6.92 Å². The van der Waals surface area contributed by atoms with E-state index in [9.17, 15) is 0 Å². The summed E-state index contributed by atoms with van der Waals surface area (Å²) in [7, 11) is 0. The summed E-state index contributed by atoms with van der Waals surface area (Å²) in [4.78, 5) is 0. The zero-order valence-electron chi connectivity index (χ0n) is 6.20. The molecule has 0 bridgehead atoms. The Morgan fingerprint density at radius 1 is 1.27 bits per heavy atom. The van der Waals surface area contributed by atoms with Gasteiger partial charge in [0.05, 0.1) is 10.7 Å². The second-order valence-electron chi connectivity index (χ2n) is 2.32. The fraction of sp³-hybridized carbons (Fsp3) is 0.250. The van der Waals surface area contributed by atoms with E-state index in [1.54, 1.807) is 12.1 Å². The quantitative estimate of drug-likeness (QED) is 0.676. The van der Waals surface area contributed by atoms with Crippen LogP contribution in [0.4, 0.5) is 5.69 Å². The van der Waals surface area contributed by atoms with Crippen molar-refractivity contribution in [2.24, 2.45) is 0 Å². The number of halogens is 2. The van der Waals surface area contributed by atoms with Gasteiger partial charge in [-0.25, -0.2) is 0 Å². The topological polar surface area (TPSA) is 26.0 Å². The second kappa shape index (κ2) is 3.33. The van der Waals surface area contributed by atoms with E-state index >= 15 is 0 Å². The highest BCUT2D eigenvalue weighted by molar-refractivity contribution is 6.35. The Labute approximate surface area is 76.1 Å². The lowest BCUT2D eigenvalue weighted by atomic mass is 10.1. The Balaban J connectivity index is 3.21. The minimum atomic E-state index is 0.536. The second-order valence-corrected chi connectivity index (χ2v) is 3.13. The summed E-state index contributed by atoms with van der Waals surface area (Å²) in [6.07, 6.45) is 0.874. The Hall–Kier alpha value is -0.400. The zero-order valence-corrected chi connectivity index (χ0v) is 7.71. The van der Waals surface area contributed by atoms with Crippen LogP contribution < -0.4 is 5.73 Å². The highest BCUT2D eigenvalue weighted by Crippen LogP contribution is 2.26. The first-order chi connectivity index (χ1) is 5.15. The van der Waals surface area contributed by atoms with Crippen LogP contribution >= 0.6 is 23.2 Å².